The summed E-state index contributed by atoms with van der Waals surface area (Å²) in [6.45, 7) is 0. The van der Waals surface area contributed by atoms with Gasteiger partial charge in [0.1, 0.15) is 0 Å². The van der Waals surface area contributed by atoms with Gasteiger partial charge in [0.15, 0.2) is 0 Å². The smallest absolute Gasteiger partial charge is 0.0527 e. The molecular formula is C9H7S. The molecule has 1 atom stereocenters. The number of hydrogen-bond donors (Lipinski definition) is 0. The number of fused-ring (bicyclic) bond motifs is 1. The second-order valence-electron chi connectivity index (χ2n) is 2.20. The Hall–Kier alpha value is -0.690. The zero-order valence-corrected chi connectivity index (χ0v) is 6.27. The molecule has 0 amide bonds. The molecule has 0 N–H and O–H groups in total. The van der Waals surface area contributed by atoms with Gasteiger partial charge in [-0.1, -0.05) is 24.3 Å². The Bertz CT molecular complexity index is 243. The maximum atomic E-state index is 3.20. The molecule has 0 saturated heterocycles. The van der Waals surface area contributed by atoms with E-state index in [1.165, 1.54) is 5.57 Å². The van der Waals surface area contributed by atoms with E-state index in [2.05, 4.69) is 35.8 Å². The maximum Gasteiger partial charge on any atom is 0.0527 e. The molecule has 0 aromatic heterocycles. The van der Waals surface area contributed by atoms with Gasteiger partial charge in [-0.3, -0.25) is 0 Å². The van der Waals surface area contributed by atoms with Crippen molar-refractivity contribution in [3.05, 3.63) is 47.4 Å². The molecule has 1 heterocycles. The third-order valence-electron chi connectivity index (χ3n) is 1.52. The average molecular weight is 147 g/mol. The summed E-state index contributed by atoms with van der Waals surface area (Å²) in [7, 11) is 0. The Balaban J connectivity index is 2.34. The molecule has 0 nitrogen and oxygen atoms in total. The van der Waals surface area contributed by atoms with Crippen LogP contribution in [-0.2, 0) is 0 Å². The predicted octanol–water partition coefficient (Wildman–Crippen LogP) is 2.47. The van der Waals surface area contributed by atoms with Gasteiger partial charge >= 0.3 is 0 Å². The number of rotatable bonds is 0. The zero-order valence-electron chi connectivity index (χ0n) is 5.45. The van der Waals surface area contributed by atoms with Crippen molar-refractivity contribution in [3.8, 4) is 0 Å². The van der Waals surface area contributed by atoms with Crippen molar-refractivity contribution in [2.45, 2.75) is 5.25 Å². The van der Waals surface area contributed by atoms with Crippen LogP contribution in [0.3, 0.4) is 0 Å². The number of hydrogen-bond acceptors (Lipinski definition) is 1. The summed E-state index contributed by atoms with van der Waals surface area (Å²) in [6, 6.07) is 0. The lowest BCUT2D eigenvalue weighted by atomic mass is 10.1. The molecule has 0 aromatic rings. The topological polar surface area (TPSA) is 0 Å². The van der Waals surface area contributed by atoms with E-state index in [4.69, 9.17) is 0 Å². The highest BCUT2D eigenvalue weighted by Crippen LogP contribution is 2.28. The van der Waals surface area contributed by atoms with E-state index < -0.39 is 0 Å². The van der Waals surface area contributed by atoms with Crippen molar-refractivity contribution >= 4 is 11.8 Å². The van der Waals surface area contributed by atoms with Crippen LogP contribution in [0, 0.1) is 6.08 Å². The van der Waals surface area contributed by atoms with Crippen LogP contribution in [-0.4, -0.2) is 5.25 Å². The van der Waals surface area contributed by atoms with Crippen LogP contribution in [0.1, 0.15) is 0 Å². The average Bonchev–Trinajstić information content (AvgIpc) is 2.05. The van der Waals surface area contributed by atoms with Gasteiger partial charge in [0.05, 0.1) is 5.25 Å². The van der Waals surface area contributed by atoms with Crippen molar-refractivity contribution in [1.82, 2.24) is 0 Å². The van der Waals surface area contributed by atoms with Crippen LogP contribution >= 0.6 is 11.8 Å². The molecule has 0 spiro atoms. The summed E-state index contributed by atoms with van der Waals surface area (Å²) in [5.74, 6) is 0. The molecule has 49 valence electrons. The molecule has 1 aliphatic carbocycles. The monoisotopic (exact) mass is 147 g/mol. The Morgan fingerprint density at radius 2 is 2.40 bits per heavy atom. The highest BCUT2D eigenvalue weighted by atomic mass is 32.2. The molecule has 0 bridgehead atoms. The predicted molar refractivity (Wildman–Crippen MR) is 45.6 cm³/mol. The normalized spacial score (nSPS) is 28.0. The summed E-state index contributed by atoms with van der Waals surface area (Å²) in [4.78, 5) is 0. The first-order chi connectivity index (χ1) is 4.97. The minimum absolute atomic E-state index is 0.523. The van der Waals surface area contributed by atoms with Crippen molar-refractivity contribution in [2.24, 2.45) is 0 Å². The largest absolute Gasteiger partial charge is 0.122 e. The maximum absolute atomic E-state index is 3.20. The summed E-state index contributed by atoms with van der Waals surface area (Å²) < 4.78 is 0. The lowest BCUT2D eigenvalue weighted by Gasteiger charge is -2.15. The van der Waals surface area contributed by atoms with Gasteiger partial charge in [-0.2, -0.15) is 0 Å². The van der Waals surface area contributed by atoms with Crippen LogP contribution in [0.2, 0.25) is 0 Å². The Morgan fingerprint density at radius 1 is 1.40 bits per heavy atom. The van der Waals surface area contributed by atoms with Gasteiger partial charge in [0.2, 0.25) is 0 Å². The number of thioether (sulfide) groups is 1. The van der Waals surface area contributed by atoms with Crippen molar-refractivity contribution in [3.63, 3.8) is 0 Å². The van der Waals surface area contributed by atoms with E-state index in [1.807, 2.05) is 17.8 Å². The summed E-state index contributed by atoms with van der Waals surface area (Å²) >= 11 is 1.83. The molecule has 1 heteroatoms. The summed E-state index contributed by atoms with van der Waals surface area (Å²) in [5, 5.41) is 2.60. The van der Waals surface area contributed by atoms with Crippen LogP contribution in [0.15, 0.2) is 41.4 Å². The SMILES string of the molecule is [C]1=C2C=CC=CC2SC=C1. The van der Waals surface area contributed by atoms with Gasteiger partial charge in [-0.05, 0) is 23.1 Å². The fourth-order valence-corrected chi connectivity index (χ4v) is 1.82. The Kier molecular flexibility index (Phi) is 1.52. The first-order valence-electron chi connectivity index (χ1n) is 3.25. The van der Waals surface area contributed by atoms with Crippen LogP contribution in [0.5, 0.6) is 0 Å². The van der Waals surface area contributed by atoms with Gasteiger partial charge in [0.25, 0.3) is 0 Å². The van der Waals surface area contributed by atoms with Gasteiger partial charge < -0.3 is 0 Å². The van der Waals surface area contributed by atoms with E-state index in [0.717, 1.165) is 0 Å². The fourth-order valence-electron chi connectivity index (χ4n) is 1.03. The quantitative estimate of drug-likeness (QED) is 0.507. The van der Waals surface area contributed by atoms with E-state index >= 15 is 0 Å². The summed E-state index contributed by atoms with van der Waals surface area (Å²) in [5.41, 5.74) is 1.29. The van der Waals surface area contributed by atoms with Crippen molar-refractivity contribution in [2.75, 3.05) is 0 Å². The van der Waals surface area contributed by atoms with E-state index in [1.54, 1.807) is 0 Å². The highest BCUT2D eigenvalue weighted by molar-refractivity contribution is 8.03. The van der Waals surface area contributed by atoms with Crippen LogP contribution < -0.4 is 0 Å². The van der Waals surface area contributed by atoms with Crippen molar-refractivity contribution in [1.29, 1.82) is 0 Å². The number of allylic oxidation sites excluding steroid dienone is 5. The molecule has 1 radical (unpaired) electrons. The molecule has 2 rings (SSSR count). The Morgan fingerprint density at radius 3 is 3.30 bits per heavy atom. The lowest BCUT2D eigenvalue weighted by Crippen LogP contribution is -2.04. The molecule has 10 heavy (non-hydrogen) atoms. The first kappa shape index (κ1) is 6.05. The standard InChI is InChI=1S/C9H7S/c1-2-6-9-8(4-1)5-3-7-10-9/h1-4,6-7,9H. The lowest BCUT2D eigenvalue weighted by molar-refractivity contribution is 1.27. The molecule has 1 unspecified atom stereocenters. The molecular weight excluding hydrogens is 140 g/mol. The Labute approximate surface area is 65.0 Å². The molecule has 1 aliphatic heterocycles. The van der Waals surface area contributed by atoms with Crippen LogP contribution in [0.25, 0.3) is 0 Å². The van der Waals surface area contributed by atoms with E-state index in [0.29, 0.717) is 5.25 Å². The minimum Gasteiger partial charge on any atom is -0.122 e. The van der Waals surface area contributed by atoms with E-state index in [-0.39, 0.29) is 0 Å². The molecule has 0 saturated carbocycles. The minimum atomic E-state index is 0.523. The second-order valence-corrected chi connectivity index (χ2v) is 3.26. The molecule has 0 aromatic carbocycles. The van der Waals surface area contributed by atoms with Crippen molar-refractivity contribution < 1.29 is 0 Å². The van der Waals surface area contributed by atoms with E-state index in [9.17, 15) is 0 Å². The summed E-state index contributed by atoms with van der Waals surface area (Å²) in [6.07, 6.45) is 13.6. The first-order valence-corrected chi connectivity index (χ1v) is 4.20. The van der Waals surface area contributed by atoms with Gasteiger partial charge in [-0.15, -0.1) is 11.8 Å². The second kappa shape index (κ2) is 2.51. The molecule has 2 aliphatic rings. The highest BCUT2D eigenvalue weighted by Gasteiger charge is 2.11. The zero-order chi connectivity index (χ0) is 6.81. The van der Waals surface area contributed by atoms with Gasteiger partial charge in [-0.25, -0.2) is 0 Å². The third kappa shape index (κ3) is 0.971. The van der Waals surface area contributed by atoms with Crippen LogP contribution in [0.4, 0.5) is 0 Å². The fraction of sp³-hybridized carbons (Fsp3) is 0.111. The third-order valence-corrected chi connectivity index (χ3v) is 2.52. The molecule has 0 fully saturated rings. The van der Waals surface area contributed by atoms with Gasteiger partial charge in [0, 0.05) is 0 Å².